The molecule has 6 rings (SSSR count). The largest absolute Gasteiger partial charge is 0.756 e. The van der Waals surface area contributed by atoms with Crippen molar-refractivity contribution < 1.29 is 33.1 Å². The van der Waals surface area contributed by atoms with Crippen LogP contribution < -0.4 is 16.2 Å². The van der Waals surface area contributed by atoms with Crippen molar-refractivity contribution in [3.63, 3.8) is 0 Å². The number of aliphatic hydroxyl groups excluding tert-OH is 1. The number of nitrogens with zero attached hydrogens (tertiary/aromatic N) is 4. The maximum absolute atomic E-state index is 13.4. The quantitative estimate of drug-likeness (QED) is 0.226. The lowest BCUT2D eigenvalue weighted by molar-refractivity contribution is -0.245. The van der Waals surface area contributed by atoms with E-state index in [0.717, 1.165) is 17.3 Å². The number of ether oxygens (including phenoxy) is 1. The summed E-state index contributed by atoms with van der Waals surface area (Å²) in [7, 11) is -4.61. The Morgan fingerprint density at radius 1 is 1.33 bits per heavy atom. The van der Waals surface area contributed by atoms with Crippen LogP contribution in [0, 0.1) is 0 Å². The number of phosphoric ester groups is 1. The maximum atomic E-state index is 13.4. The monoisotopic (exact) mass is 533 g/mol. The Balaban J connectivity index is 1.50. The van der Waals surface area contributed by atoms with Crippen LogP contribution >= 0.6 is 19.6 Å². The smallest absolute Gasteiger partial charge is 0.287 e. The number of benzene rings is 1. The van der Waals surface area contributed by atoms with E-state index in [-0.39, 0.29) is 34.5 Å². The number of rotatable bonds is 5. The number of nitrogens with one attached hydrogen (secondary N) is 1. The number of hydrogen-bond acceptors (Lipinski definition) is 11. The highest BCUT2D eigenvalue weighted by Crippen LogP contribution is 2.50. The van der Waals surface area contributed by atoms with Crippen molar-refractivity contribution in [3.8, 4) is 11.3 Å². The van der Waals surface area contributed by atoms with E-state index in [1.807, 2.05) is 30.3 Å². The number of aromatic nitrogens is 5. The highest BCUT2D eigenvalue weighted by molar-refractivity contribution is 7.99. The molecule has 0 spiro atoms. The summed E-state index contributed by atoms with van der Waals surface area (Å²) in [6.07, 6.45) is -3.26. The number of H-pyrrole nitrogens is 1. The third kappa shape index (κ3) is 3.85. The molecule has 1 amide bonds. The molecule has 3 unspecified atom stereocenters. The van der Waals surface area contributed by atoms with Crippen LogP contribution in [-0.2, 0) is 23.1 Å². The average Bonchev–Trinajstić information content (AvgIpc) is 3.52. The molecule has 2 fully saturated rings. The number of phosphoric acid groups is 1. The Labute approximate surface area is 205 Å². The maximum Gasteiger partial charge on any atom is 0.287 e. The van der Waals surface area contributed by atoms with E-state index in [9.17, 15) is 24.2 Å². The molecule has 188 valence electrons. The summed E-state index contributed by atoms with van der Waals surface area (Å²) in [5, 5.41) is 11.1. The molecule has 14 nitrogen and oxygen atoms in total. The van der Waals surface area contributed by atoms with Gasteiger partial charge in [-0.05, 0) is 5.56 Å². The molecule has 16 heteroatoms. The fraction of sp³-hybridized carbons (Fsp3) is 0.300. The molecular weight excluding hydrogens is 515 g/mol. The Morgan fingerprint density at radius 2 is 2.11 bits per heavy atom. The van der Waals surface area contributed by atoms with E-state index in [1.54, 1.807) is 6.20 Å². The lowest BCUT2D eigenvalue weighted by Gasteiger charge is -2.34. The van der Waals surface area contributed by atoms with Crippen molar-refractivity contribution >= 4 is 42.4 Å². The second-order valence-corrected chi connectivity index (χ2v) is 10.5. The number of fused-ring (bicyclic) bond motifs is 3. The predicted octanol–water partition coefficient (Wildman–Crippen LogP) is -0.241. The molecule has 2 aliphatic rings. The minimum atomic E-state index is -4.61. The highest BCUT2D eigenvalue weighted by atomic mass is 32.2. The molecule has 2 aliphatic heterocycles. The summed E-state index contributed by atoms with van der Waals surface area (Å²) in [5.74, 6) is -0.605. The molecule has 1 aromatic carbocycles. The second-order valence-electron chi connectivity index (χ2n) is 8.20. The van der Waals surface area contributed by atoms with Crippen molar-refractivity contribution in [1.82, 2.24) is 23.9 Å². The van der Waals surface area contributed by atoms with E-state index in [1.165, 1.54) is 8.97 Å². The molecule has 4 aromatic rings. The molecule has 4 N–H and O–H groups in total. The number of carbonyl (C=O) groups excluding carboxylic acids is 1. The van der Waals surface area contributed by atoms with Crippen molar-refractivity contribution in [3.05, 3.63) is 46.9 Å². The van der Waals surface area contributed by atoms with Gasteiger partial charge in [-0.2, -0.15) is 4.98 Å². The molecule has 0 radical (unpaired) electrons. The van der Waals surface area contributed by atoms with Crippen LogP contribution in [0.25, 0.3) is 28.2 Å². The van der Waals surface area contributed by atoms with Gasteiger partial charge in [-0.25, -0.2) is 9.38 Å². The van der Waals surface area contributed by atoms with Gasteiger partial charge in [0.25, 0.3) is 13.4 Å². The van der Waals surface area contributed by atoms with Crippen LogP contribution in [0.5, 0.6) is 0 Å². The number of aliphatic hydroxyl groups is 1. The Hall–Kier alpha value is -3.04. The molecule has 2 saturated heterocycles. The van der Waals surface area contributed by atoms with Gasteiger partial charge in [0.05, 0.1) is 18.1 Å². The van der Waals surface area contributed by atoms with Crippen molar-refractivity contribution in [2.24, 2.45) is 5.73 Å². The number of thioether (sulfide) groups is 1. The summed E-state index contributed by atoms with van der Waals surface area (Å²) >= 11 is 0.920. The van der Waals surface area contributed by atoms with Crippen molar-refractivity contribution in [2.75, 3.05) is 12.4 Å². The van der Waals surface area contributed by atoms with E-state index in [0.29, 0.717) is 5.69 Å². The fourth-order valence-electron chi connectivity index (χ4n) is 4.28. The van der Waals surface area contributed by atoms with Gasteiger partial charge < -0.3 is 34.5 Å². The van der Waals surface area contributed by atoms with Gasteiger partial charge in [-0.15, -0.1) is 0 Å². The zero-order valence-electron chi connectivity index (χ0n) is 18.2. The minimum Gasteiger partial charge on any atom is -0.756 e. The first-order chi connectivity index (χ1) is 17.2. The van der Waals surface area contributed by atoms with Crippen LogP contribution in [0.4, 0.5) is 0 Å². The Kier molecular flexibility index (Phi) is 5.53. The first-order valence-corrected chi connectivity index (χ1v) is 13.1. The summed E-state index contributed by atoms with van der Waals surface area (Å²) in [6, 6.07) is 9.32. The van der Waals surface area contributed by atoms with Crippen molar-refractivity contribution in [2.45, 2.75) is 29.7 Å². The van der Waals surface area contributed by atoms with E-state index in [4.69, 9.17) is 15.0 Å². The number of amides is 1. The second kappa shape index (κ2) is 8.52. The first-order valence-electron chi connectivity index (χ1n) is 10.7. The van der Waals surface area contributed by atoms with E-state index in [2.05, 4.69) is 19.5 Å². The minimum absolute atomic E-state index is 0.0459. The number of primary amides is 1. The molecule has 0 saturated carbocycles. The molecule has 36 heavy (non-hydrogen) atoms. The van der Waals surface area contributed by atoms with Gasteiger partial charge in [0.15, 0.2) is 22.5 Å². The van der Waals surface area contributed by atoms with Gasteiger partial charge >= 0.3 is 0 Å². The summed E-state index contributed by atoms with van der Waals surface area (Å²) in [5.41, 5.74) is 6.28. The molecule has 0 bridgehead atoms. The third-order valence-electron chi connectivity index (χ3n) is 5.86. The van der Waals surface area contributed by atoms with Crippen molar-refractivity contribution in [1.29, 1.82) is 0 Å². The van der Waals surface area contributed by atoms with E-state index < -0.39 is 43.8 Å². The molecule has 5 atom stereocenters. The lowest BCUT2D eigenvalue weighted by atomic mass is 10.1. The summed E-state index contributed by atoms with van der Waals surface area (Å²) in [6.45, 7) is -0.354. The molecule has 3 aromatic heterocycles. The van der Waals surface area contributed by atoms with Crippen LogP contribution in [0.2, 0.25) is 0 Å². The van der Waals surface area contributed by atoms with Gasteiger partial charge in [-0.3, -0.25) is 18.7 Å². The average molecular weight is 533 g/mol. The third-order valence-corrected chi connectivity index (χ3v) is 7.80. The Morgan fingerprint density at radius 3 is 2.86 bits per heavy atom. The summed E-state index contributed by atoms with van der Waals surface area (Å²) < 4.78 is 29.9. The van der Waals surface area contributed by atoms with Gasteiger partial charge in [0.1, 0.15) is 18.3 Å². The number of imidazole rings is 2. The first kappa shape index (κ1) is 23.4. The number of nitrogens with two attached hydrogens (primary N) is 1. The van der Waals surface area contributed by atoms with Gasteiger partial charge in [0, 0.05) is 6.20 Å². The molecule has 5 heterocycles. The molecule has 0 aliphatic carbocycles. The zero-order chi connectivity index (χ0) is 25.2. The normalized spacial score (nSPS) is 28.1. The molecular formula is C20H18N6O8PS-. The SMILES string of the molecule is NC(=O)CSc1nc2c(=O)n3cc(-c4ccccc4)[nH]c3nc2n1[C@@H]1OC2COP(=O)([O-])O[C@H]2C1O. The standard InChI is InChI=1S/C20H19N6O8PS/c21-12(27)8-36-20-23-13-16(26(20)18-14(28)15-11(33-18)7-32-35(30,31)34-15)24-19-22-10(6-25(19)17(13)29)9-4-2-1-3-5-9/h1-6,11,14-15,18,28H,7-8H2,(H2,21,27)(H,22,24)(H,30,31)/p-1/t11?,14?,15-,18-/m1/s1. The van der Waals surface area contributed by atoms with Gasteiger partial charge in [-0.1, -0.05) is 42.1 Å². The number of hydrogen-bond donors (Lipinski definition) is 3. The lowest BCUT2D eigenvalue weighted by Crippen LogP contribution is -2.41. The van der Waals surface area contributed by atoms with Crippen LogP contribution in [0.15, 0.2) is 46.5 Å². The van der Waals surface area contributed by atoms with Gasteiger partial charge in [0.2, 0.25) is 11.7 Å². The zero-order valence-corrected chi connectivity index (χ0v) is 19.9. The van der Waals surface area contributed by atoms with Crippen LogP contribution in [-0.4, -0.2) is 65.6 Å². The van der Waals surface area contributed by atoms with E-state index >= 15 is 0 Å². The predicted molar refractivity (Wildman–Crippen MR) is 123 cm³/mol. The van der Waals surface area contributed by atoms with Crippen LogP contribution in [0.1, 0.15) is 6.23 Å². The van der Waals surface area contributed by atoms with Crippen LogP contribution in [0.3, 0.4) is 0 Å². The Bertz CT molecular complexity index is 1600. The topological polar surface area (TPSA) is 199 Å². The number of aromatic amines is 1. The highest BCUT2D eigenvalue weighted by Gasteiger charge is 2.51. The summed E-state index contributed by atoms with van der Waals surface area (Å²) in [4.78, 5) is 48.6. The number of carbonyl (C=O) groups is 1. The fourth-order valence-corrected chi connectivity index (χ4v) is 5.99.